The lowest BCUT2D eigenvalue weighted by Crippen LogP contribution is -2.16. The highest BCUT2D eigenvalue weighted by Crippen LogP contribution is 2.47. The lowest BCUT2D eigenvalue weighted by atomic mass is 9.77. The Bertz CT molecular complexity index is 1750. The zero-order chi connectivity index (χ0) is 41.4. The molecule has 0 aliphatic heterocycles. The first-order chi connectivity index (χ1) is 28.1. The summed E-state index contributed by atoms with van der Waals surface area (Å²) in [7, 11) is 0. The van der Waals surface area contributed by atoms with Gasteiger partial charge in [-0.3, -0.25) is 0 Å². The van der Waals surface area contributed by atoms with Crippen LogP contribution >= 0.6 is 0 Å². The molecule has 314 valence electrons. The maximum atomic E-state index is 12.2. The van der Waals surface area contributed by atoms with Crippen LogP contribution in [0, 0.1) is 11.8 Å². The Kier molecular flexibility index (Phi) is 17.7. The van der Waals surface area contributed by atoms with E-state index in [1.165, 1.54) is 79.2 Å². The number of carbonyl (C=O) groups is 2. The lowest BCUT2D eigenvalue weighted by Gasteiger charge is -2.29. The molecule has 2 aliphatic carbocycles. The van der Waals surface area contributed by atoms with Gasteiger partial charge in [0.15, 0.2) is 0 Å². The number of rotatable bonds is 24. The van der Waals surface area contributed by atoms with Crippen molar-refractivity contribution in [2.75, 3.05) is 33.0 Å². The van der Waals surface area contributed by atoms with Crippen LogP contribution in [-0.2, 0) is 31.9 Å². The van der Waals surface area contributed by atoms with E-state index >= 15 is 0 Å². The van der Waals surface area contributed by atoms with Crippen LogP contribution < -0.4 is 4.74 Å². The average molecular weight is 793 g/mol. The van der Waals surface area contributed by atoms with Gasteiger partial charge < -0.3 is 24.4 Å². The minimum Gasteiger partial charge on any atom is -0.493 e. The number of hydrogen-bond acceptors (Lipinski definition) is 7. The predicted octanol–water partition coefficient (Wildman–Crippen LogP) is 11.2. The third-order valence-electron chi connectivity index (χ3n) is 12.0. The molecule has 0 heterocycles. The van der Waals surface area contributed by atoms with Gasteiger partial charge in [0.05, 0.1) is 19.8 Å². The van der Waals surface area contributed by atoms with E-state index in [0.29, 0.717) is 61.7 Å². The number of aliphatic hydroxyl groups excluding tert-OH is 2. The SMILES string of the molecule is C=C(C)C(=O)OCCCc1cc(-c2ccc(-c3ccc(C4CCC(CCCCC)CC4)cc3)cc2C2CC2)cc(CCCOC(=O)C(=C)C)c1OCCC(CO)CO. The normalized spacial score (nSPS) is 16.6. The molecule has 7 heteroatoms. The summed E-state index contributed by atoms with van der Waals surface area (Å²) in [5.41, 5.74) is 10.3. The van der Waals surface area contributed by atoms with Gasteiger partial charge in [0, 0.05) is 30.3 Å². The standard InChI is InChI=1S/C51H68O7/c1-6-7-8-11-37-14-16-39(17-15-37)40-18-20-41(21-19-40)43-24-25-47(48(32-43)42-22-23-42)46-30-44(12-9-27-57-50(54)35(2)3)49(56-29-26-38(33-52)34-53)45(31-46)13-10-28-58-51(55)36(4)5/h18-21,24-25,30-32,37-39,42,52-53H,2,4,6-17,22-23,26-29,33-34H2,1,3,5H3. The van der Waals surface area contributed by atoms with Gasteiger partial charge in [-0.1, -0.05) is 88.2 Å². The molecule has 0 radical (unpaired) electrons. The van der Waals surface area contributed by atoms with Crippen LogP contribution in [0.3, 0.4) is 0 Å². The van der Waals surface area contributed by atoms with Gasteiger partial charge in [0.25, 0.3) is 0 Å². The molecule has 2 aliphatic rings. The van der Waals surface area contributed by atoms with Crippen LogP contribution in [0.5, 0.6) is 5.75 Å². The molecule has 0 spiro atoms. The number of aliphatic hydroxyl groups is 2. The molecule has 2 N–H and O–H groups in total. The first-order valence-electron chi connectivity index (χ1n) is 22.0. The molecule has 2 saturated carbocycles. The number of carbonyl (C=O) groups excluding carboxylic acids is 2. The molecular weight excluding hydrogens is 725 g/mol. The number of hydrogen-bond donors (Lipinski definition) is 2. The van der Waals surface area contributed by atoms with Crippen molar-refractivity contribution >= 4 is 11.9 Å². The van der Waals surface area contributed by atoms with Crippen LogP contribution in [0.25, 0.3) is 22.3 Å². The number of aryl methyl sites for hydroxylation is 2. The molecule has 7 nitrogen and oxygen atoms in total. The Morgan fingerprint density at radius 1 is 0.690 bits per heavy atom. The van der Waals surface area contributed by atoms with Gasteiger partial charge in [-0.25, -0.2) is 9.59 Å². The Morgan fingerprint density at radius 2 is 1.26 bits per heavy atom. The first kappa shape index (κ1) is 44.9. The smallest absolute Gasteiger partial charge is 0.333 e. The maximum absolute atomic E-state index is 12.2. The fourth-order valence-corrected chi connectivity index (χ4v) is 8.29. The average Bonchev–Trinajstić information content (AvgIpc) is 4.09. The van der Waals surface area contributed by atoms with Crippen molar-refractivity contribution in [2.24, 2.45) is 11.8 Å². The van der Waals surface area contributed by atoms with E-state index < -0.39 is 11.9 Å². The molecule has 0 amide bonds. The maximum Gasteiger partial charge on any atom is 0.333 e. The minimum absolute atomic E-state index is 0.120. The second kappa shape index (κ2) is 22.8. The van der Waals surface area contributed by atoms with E-state index in [-0.39, 0.29) is 32.3 Å². The molecule has 0 atom stereocenters. The van der Waals surface area contributed by atoms with Gasteiger partial charge in [-0.05, 0) is 159 Å². The van der Waals surface area contributed by atoms with Crippen LogP contribution in [0.15, 0.2) is 78.9 Å². The number of esters is 2. The van der Waals surface area contributed by atoms with Crippen LogP contribution in [0.1, 0.15) is 138 Å². The summed E-state index contributed by atoms with van der Waals surface area (Å²) >= 11 is 0. The number of benzene rings is 3. The quantitative estimate of drug-likeness (QED) is 0.0529. The Balaban J connectivity index is 1.42. The van der Waals surface area contributed by atoms with E-state index in [2.05, 4.69) is 74.7 Å². The molecule has 0 saturated heterocycles. The van der Waals surface area contributed by atoms with Crippen molar-refractivity contribution in [3.63, 3.8) is 0 Å². The molecule has 3 aromatic rings. The third-order valence-corrected chi connectivity index (χ3v) is 12.0. The van der Waals surface area contributed by atoms with Crippen molar-refractivity contribution in [1.82, 2.24) is 0 Å². The van der Waals surface area contributed by atoms with E-state index in [9.17, 15) is 19.8 Å². The van der Waals surface area contributed by atoms with Crippen molar-refractivity contribution in [1.29, 1.82) is 0 Å². The highest BCUT2D eigenvalue weighted by atomic mass is 16.5. The first-order valence-corrected chi connectivity index (χ1v) is 22.0. The lowest BCUT2D eigenvalue weighted by molar-refractivity contribution is -0.139. The Labute approximate surface area is 347 Å². The summed E-state index contributed by atoms with van der Waals surface area (Å²) in [6, 6.07) is 20.7. The van der Waals surface area contributed by atoms with Gasteiger partial charge in [0.2, 0.25) is 0 Å². The Hall–Kier alpha value is -4.20. The van der Waals surface area contributed by atoms with E-state index in [4.69, 9.17) is 14.2 Å². The molecule has 2 fully saturated rings. The van der Waals surface area contributed by atoms with Crippen molar-refractivity contribution in [2.45, 2.75) is 129 Å². The second-order valence-corrected chi connectivity index (χ2v) is 16.9. The summed E-state index contributed by atoms with van der Waals surface area (Å²) in [6.45, 7) is 13.6. The molecule has 5 rings (SSSR count). The molecule has 0 unspecified atom stereocenters. The van der Waals surface area contributed by atoms with E-state index in [1.54, 1.807) is 13.8 Å². The molecule has 58 heavy (non-hydrogen) atoms. The highest BCUT2D eigenvalue weighted by Gasteiger charge is 2.28. The highest BCUT2D eigenvalue weighted by molar-refractivity contribution is 5.87. The summed E-state index contributed by atoms with van der Waals surface area (Å²) in [5, 5.41) is 19.4. The van der Waals surface area contributed by atoms with Crippen LogP contribution in [-0.4, -0.2) is 55.2 Å². The Morgan fingerprint density at radius 3 is 1.79 bits per heavy atom. The number of unbranched alkanes of at least 4 members (excludes halogenated alkanes) is 2. The third kappa shape index (κ3) is 13.2. The van der Waals surface area contributed by atoms with Crippen molar-refractivity contribution in [3.8, 4) is 28.0 Å². The largest absolute Gasteiger partial charge is 0.493 e. The fourth-order valence-electron chi connectivity index (χ4n) is 8.29. The molecular formula is C51H68O7. The topological polar surface area (TPSA) is 102 Å². The molecule has 0 aromatic heterocycles. The predicted molar refractivity (Wildman–Crippen MR) is 234 cm³/mol. The van der Waals surface area contributed by atoms with Crippen molar-refractivity contribution < 1.29 is 34.0 Å². The van der Waals surface area contributed by atoms with Crippen LogP contribution in [0.2, 0.25) is 0 Å². The van der Waals surface area contributed by atoms with E-state index in [0.717, 1.165) is 41.2 Å². The minimum atomic E-state index is -0.404. The van der Waals surface area contributed by atoms with Gasteiger partial charge in [0.1, 0.15) is 5.75 Å². The van der Waals surface area contributed by atoms with Gasteiger partial charge >= 0.3 is 11.9 Å². The second-order valence-electron chi connectivity index (χ2n) is 16.9. The molecule has 0 bridgehead atoms. The summed E-state index contributed by atoms with van der Waals surface area (Å²) < 4.78 is 17.4. The van der Waals surface area contributed by atoms with Gasteiger partial charge in [-0.15, -0.1) is 0 Å². The van der Waals surface area contributed by atoms with Gasteiger partial charge in [-0.2, -0.15) is 0 Å². The number of ether oxygens (including phenoxy) is 3. The summed E-state index contributed by atoms with van der Waals surface area (Å²) in [6.07, 6.45) is 16.0. The monoisotopic (exact) mass is 792 g/mol. The zero-order valence-corrected chi connectivity index (χ0v) is 35.5. The van der Waals surface area contributed by atoms with E-state index in [1.807, 2.05) is 0 Å². The van der Waals surface area contributed by atoms with Crippen molar-refractivity contribution in [3.05, 3.63) is 101 Å². The molecule has 3 aromatic carbocycles. The fraction of sp³-hybridized carbons (Fsp3) is 0.529. The summed E-state index contributed by atoms with van der Waals surface area (Å²) in [4.78, 5) is 24.3. The van der Waals surface area contributed by atoms with Crippen LogP contribution in [0.4, 0.5) is 0 Å². The zero-order valence-electron chi connectivity index (χ0n) is 35.5. The summed E-state index contributed by atoms with van der Waals surface area (Å²) in [5.74, 6) is 1.75.